The van der Waals surface area contributed by atoms with Crippen molar-refractivity contribution in [2.45, 2.75) is 57.7 Å². The van der Waals surface area contributed by atoms with Gasteiger partial charge < -0.3 is 26.0 Å². The number of piperidine rings is 1. The van der Waals surface area contributed by atoms with Gasteiger partial charge in [0.2, 0.25) is 0 Å². The Morgan fingerprint density at radius 1 is 1.20 bits per heavy atom. The maximum Gasteiger partial charge on any atom is 0.319 e. The third-order valence-corrected chi connectivity index (χ3v) is 7.10. The molecule has 0 aromatic heterocycles. The highest BCUT2D eigenvalue weighted by atomic mass is 19.1. The van der Waals surface area contributed by atoms with Crippen molar-refractivity contribution in [1.29, 1.82) is 0 Å². The number of nitrogens with one attached hydrogen (secondary N) is 2. The van der Waals surface area contributed by atoms with Crippen LogP contribution >= 0.6 is 0 Å². The Bertz CT molecular complexity index is 1060. The minimum absolute atomic E-state index is 0.0523. The first kappa shape index (κ1) is 25.0. The van der Waals surface area contributed by atoms with Crippen molar-refractivity contribution in [1.82, 2.24) is 10.2 Å². The lowest BCUT2D eigenvalue weighted by Crippen LogP contribution is -2.43. The van der Waals surface area contributed by atoms with E-state index in [1.165, 1.54) is 0 Å². The van der Waals surface area contributed by atoms with Gasteiger partial charge in [-0.25, -0.2) is 9.18 Å². The highest BCUT2D eigenvalue weighted by Gasteiger charge is 2.38. The van der Waals surface area contributed by atoms with Gasteiger partial charge in [-0.15, -0.1) is 0 Å². The first-order chi connectivity index (χ1) is 16.8. The zero-order chi connectivity index (χ0) is 25.0. The third-order valence-electron chi connectivity index (χ3n) is 7.10. The molecule has 35 heavy (non-hydrogen) atoms. The van der Waals surface area contributed by atoms with Crippen LogP contribution in [-0.4, -0.2) is 49.2 Å². The number of alkyl halides is 1. The molecule has 0 radical (unpaired) electrons. The molecule has 2 saturated heterocycles. The zero-order valence-corrected chi connectivity index (χ0v) is 20.5. The second-order valence-electron chi connectivity index (χ2n) is 9.53. The predicted octanol–water partition coefficient (Wildman–Crippen LogP) is 4.54. The number of ether oxygens (including phenoxy) is 1. The fourth-order valence-electron chi connectivity index (χ4n) is 4.89. The van der Waals surface area contributed by atoms with Gasteiger partial charge in [-0.1, -0.05) is 25.1 Å². The van der Waals surface area contributed by atoms with Crippen LogP contribution in [0.5, 0.6) is 0 Å². The molecular weight excluding hydrogens is 447 g/mol. The largest absolute Gasteiger partial charge is 0.399 e. The van der Waals surface area contributed by atoms with E-state index >= 15 is 4.39 Å². The Labute approximate surface area is 206 Å². The van der Waals surface area contributed by atoms with Crippen LogP contribution in [-0.2, 0) is 16.8 Å². The first-order valence-corrected chi connectivity index (χ1v) is 12.4. The molecule has 2 heterocycles. The van der Waals surface area contributed by atoms with E-state index in [4.69, 9.17) is 10.5 Å². The van der Waals surface area contributed by atoms with Crippen molar-refractivity contribution in [3.63, 3.8) is 0 Å². The predicted molar refractivity (Wildman–Crippen MR) is 135 cm³/mol. The summed E-state index contributed by atoms with van der Waals surface area (Å²) in [5, 5.41) is 5.76. The molecule has 2 aliphatic heterocycles. The van der Waals surface area contributed by atoms with Crippen LogP contribution in [0.4, 0.5) is 20.6 Å². The van der Waals surface area contributed by atoms with Crippen LogP contribution in [0.1, 0.15) is 59.7 Å². The molecule has 0 saturated carbocycles. The molecule has 2 aromatic rings. The van der Waals surface area contributed by atoms with Crippen molar-refractivity contribution in [3.8, 4) is 0 Å². The van der Waals surface area contributed by atoms with Gasteiger partial charge in [-0.05, 0) is 61.1 Å². The third kappa shape index (κ3) is 5.75. The Balaban J connectivity index is 1.43. The second kappa shape index (κ2) is 10.6. The molecule has 7 nitrogen and oxygen atoms in total. The monoisotopic (exact) mass is 482 g/mol. The van der Waals surface area contributed by atoms with Gasteiger partial charge in [-0.3, -0.25) is 4.79 Å². The van der Waals surface area contributed by atoms with E-state index in [2.05, 4.69) is 10.6 Å². The second-order valence-corrected chi connectivity index (χ2v) is 9.53. The van der Waals surface area contributed by atoms with Crippen molar-refractivity contribution in [2.75, 3.05) is 37.3 Å². The number of hydrogen-bond donors (Lipinski definition) is 3. The van der Waals surface area contributed by atoms with Gasteiger partial charge in [0.1, 0.15) is 5.67 Å². The minimum atomic E-state index is -1.47. The van der Waals surface area contributed by atoms with Gasteiger partial charge in [-0.2, -0.15) is 0 Å². The average Bonchev–Trinajstić information content (AvgIpc) is 3.38. The summed E-state index contributed by atoms with van der Waals surface area (Å²) >= 11 is 0. The number of nitrogens with two attached hydrogens (primary N) is 1. The normalized spacial score (nSPS) is 19.4. The Morgan fingerprint density at radius 2 is 1.91 bits per heavy atom. The number of nitrogen functional groups attached to an aromatic ring is 1. The Hall–Kier alpha value is -3.13. The average molecular weight is 483 g/mol. The molecule has 4 rings (SSSR count). The van der Waals surface area contributed by atoms with Gasteiger partial charge in [0, 0.05) is 56.0 Å². The molecule has 0 aliphatic carbocycles. The van der Waals surface area contributed by atoms with E-state index in [-0.39, 0.29) is 30.9 Å². The molecule has 8 heteroatoms. The number of urea groups is 1. The lowest BCUT2D eigenvalue weighted by atomic mass is 9.85. The minimum Gasteiger partial charge on any atom is -0.399 e. The summed E-state index contributed by atoms with van der Waals surface area (Å²) < 4.78 is 21.2. The van der Waals surface area contributed by atoms with Crippen molar-refractivity contribution in [2.24, 2.45) is 0 Å². The Kier molecular flexibility index (Phi) is 7.60. The van der Waals surface area contributed by atoms with E-state index in [9.17, 15) is 9.59 Å². The standard InChI is InChI=1S/C27H35FN4O3/c1-3-19-15-18(2)23(16-24(19)31-26(34)30-17-22-5-4-14-35-22)25(33)32-12-10-27(28,11-13-32)20-6-8-21(29)9-7-20/h6-9,15-16,22H,3-5,10-14,17,29H2,1-2H3,(H2,30,31,34)/t22-/m1/s1. The highest BCUT2D eigenvalue weighted by molar-refractivity contribution is 5.98. The lowest BCUT2D eigenvalue weighted by Gasteiger charge is -2.37. The van der Waals surface area contributed by atoms with Crippen LogP contribution < -0.4 is 16.4 Å². The molecule has 2 aliphatic rings. The van der Waals surface area contributed by atoms with Crippen molar-refractivity contribution < 1.29 is 18.7 Å². The number of amides is 3. The molecule has 4 N–H and O–H groups in total. The van der Waals surface area contributed by atoms with E-state index < -0.39 is 5.67 Å². The van der Waals surface area contributed by atoms with Crippen LogP contribution in [0.15, 0.2) is 36.4 Å². The number of nitrogens with zero attached hydrogens (tertiary/aromatic N) is 1. The number of carbonyl (C=O) groups is 2. The number of hydrogen-bond acceptors (Lipinski definition) is 4. The SMILES string of the molecule is CCc1cc(C)c(C(=O)N2CCC(F)(c3ccc(N)cc3)CC2)cc1NC(=O)NC[C@H]1CCCO1. The van der Waals surface area contributed by atoms with E-state index in [0.29, 0.717) is 48.6 Å². The van der Waals surface area contributed by atoms with Crippen molar-refractivity contribution >= 4 is 23.3 Å². The summed E-state index contributed by atoms with van der Waals surface area (Å²) in [6.07, 6.45) is 3.18. The molecule has 3 amide bonds. The van der Waals surface area contributed by atoms with Crippen LogP contribution in [0.25, 0.3) is 0 Å². The fourth-order valence-corrected chi connectivity index (χ4v) is 4.89. The van der Waals surface area contributed by atoms with Gasteiger partial charge in [0.05, 0.1) is 6.10 Å². The number of carbonyl (C=O) groups excluding carboxylic acids is 2. The number of likely N-dealkylation sites (tertiary alicyclic amines) is 1. The van der Waals surface area contributed by atoms with E-state index in [1.54, 1.807) is 35.2 Å². The van der Waals surface area contributed by atoms with Crippen LogP contribution in [0.2, 0.25) is 0 Å². The van der Waals surface area contributed by atoms with Crippen LogP contribution in [0, 0.1) is 6.92 Å². The van der Waals surface area contributed by atoms with E-state index in [1.807, 2.05) is 19.9 Å². The van der Waals surface area contributed by atoms with Gasteiger partial charge in [0.25, 0.3) is 5.91 Å². The lowest BCUT2D eigenvalue weighted by molar-refractivity contribution is 0.0421. The van der Waals surface area contributed by atoms with Crippen LogP contribution in [0.3, 0.4) is 0 Å². The smallest absolute Gasteiger partial charge is 0.319 e. The van der Waals surface area contributed by atoms with Gasteiger partial charge in [0.15, 0.2) is 0 Å². The highest BCUT2D eigenvalue weighted by Crippen LogP contribution is 2.38. The van der Waals surface area contributed by atoms with E-state index in [0.717, 1.165) is 30.6 Å². The zero-order valence-electron chi connectivity index (χ0n) is 20.5. The molecule has 0 spiro atoms. The number of benzene rings is 2. The maximum absolute atomic E-state index is 15.6. The molecule has 0 unspecified atom stereocenters. The molecule has 0 bridgehead atoms. The Morgan fingerprint density at radius 3 is 2.54 bits per heavy atom. The molecule has 2 aromatic carbocycles. The summed E-state index contributed by atoms with van der Waals surface area (Å²) in [5.74, 6) is -0.146. The summed E-state index contributed by atoms with van der Waals surface area (Å²) in [7, 11) is 0. The molecule has 188 valence electrons. The summed E-state index contributed by atoms with van der Waals surface area (Å²) in [6.45, 7) is 5.73. The number of aryl methyl sites for hydroxylation is 2. The summed E-state index contributed by atoms with van der Waals surface area (Å²) in [4.78, 5) is 27.6. The first-order valence-electron chi connectivity index (χ1n) is 12.4. The number of anilines is 2. The molecule has 1 atom stereocenters. The molecule has 2 fully saturated rings. The summed E-state index contributed by atoms with van der Waals surface area (Å²) in [6, 6.07) is 10.2. The maximum atomic E-state index is 15.6. The molecular formula is C27H35FN4O3. The topological polar surface area (TPSA) is 96.7 Å². The quantitative estimate of drug-likeness (QED) is 0.527. The fraction of sp³-hybridized carbons (Fsp3) is 0.481. The van der Waals surface area contributed by atoms with Crippen molar-refractivity contribution in [3.05, 3.63) is 58.7 Å². The number of rotatable bonds is 6. The van der Waals surface area contributed by atoms with Gasteiger partial charge >= 0.3 is 6.03 Å². The number of halogens is 1. The summed E-state index contributed by atoms with van der Waals surface area (Å²) in [5.41, 5.74) is 8.40.